The summed E-state index contributed by atoms with van der Waals surface area (Å²) in [5, 5.41) is 10.1. The van der Waals surface area contributed by atoms with Gasteiger partial charge in [0.25, 0.3) is 0 Å². The minimum atomic E-state index is -0.547. The lowest BCUT2D eigenvalue weighted by molar-refractivity contribution is 0.0522. The van der Waals surface area contributed by atoms with Gasteiger partial charge in [-0.05, 0) is 38.0 Å². The largest absolute Gasteiger partial charge is 0.507 e. The zero-order chi connectivity index (χ0) is 11.6. The fraction of sp³-hybridized carbons (Fsp3) is 0.364. The molecular weight excluding hydrogens is 216 g/mol. The Hall–Kier alpha value is -1.22. The molecule has 0 aromatic heterocycles. The summed E-state index contributed by atoms with van der Waals surface area (Å²) in [7, 11) is 0. The van der Waals surface area contributed by atoms with Crippen LogP contribution in [0.2, 0.25) is 5.02 Å². The van der Waals surface area contributed by atoms with Gasteiger partial charge < -0.3 is 9.84 Å². The Kier molecular flexibility index (Phi) is 3.58. The summed E-state index contributed by atoms with van der Waals surface area (Å²) >= 11 is 5.98. The van der Waals surface area contributed by atoms with Gasteiger partial charge in [0.2, 0.25) is 0 Å². The smallest absolute Gasteiger partial charge is 0.342 e. The van der Waals surface area contributed by atoms with Crippen LogP contribution in [0.3, 0.4) is 0 Å². The van der Waals surface area contributed by atoms with Crippen LogP contribution in [0.1, 0.15) is 28.4 Å². The van der Waals surface area contributed by atoms with Crippen LogP contribution in [0, 0.1) is 13.8 Å². The molecule has 0 fully saturated rings. The second-order valence-electron chi connectivity index (χ2n) is 3.25. The maximum Gasteiger partial charge on any atom is 0.342 e. The molecule has 0 spiro atoms. The molecule has 0 radical (unpaired) electrons. The van der Waals surface area contributed by atoms with Gasteiger partial charge in [-0.2, -0.15) is 0 Å². The van der Waals surface area contributed by atoms with Crippen LogP contribution in [-0.2, 0) is 4.74 Å². The number of aryl methyl sites for hydroxylation is 1. The molecule has 0 unspecified atom stereocenters. The third kappa shape index (κ3) is 2.23. The van der Waals surface area contributed by atoms with Gasteiger partial charge in [0.1, 0.15) is 11.3 Å². The molecule has 1 rings (SSSR count). The van der Waals surface area contributed by atoms with Crippen LogP contribution in [0.15, 0.2) is 6.07 Å². The summed E-state index contributed by atoms with van der Waals surface area (Å²) in [6.07, 6.45) is 0. The number of phenolic OH excluding ortho intramolecular Hbond substituents is 1. The van der Waals surface area contributed by atoms with E-state index in [0.29, 0.717) is 10.6 Å². The SMILES string of the molecule is CCOC(=O)c1c(O)cc(C)c(Cl)c1C. The third-order valence-electron chi connectivity index (χ3n) is 2.14. The molecule has 0 saturated carbocycles. The van der Waals surface area contributed by atoms with E-state index >= 15 is 0 Å². The normalized spacial score (nSPS) is 10.1. The number of benzene rings is 1. The highest BCUT2D eigenvalue weighted by atomic mass is 35.5. The van der Waals surface area contributed by atoms with Crippen LogP contribution in [0.25, 0.3) is 0 Å². The molecule has 0 saturated heterocycles. The maximum atomic E-state index is 11.5. The van der Waals surface area contributed by atoms with Crippen molar-refractivity contribution in [1.82, 2.24) is 0 Å². The number of carbonyl (C=O) groups excluding carboxylic acids is 1. The molecule has 0 bridgehead atoms. The number of hydrogen-bond acceptors (Lipinski definition) is 3. The second-order valence-corrected chi connectivity index (χ2v) is 3.63. The van der Waals surface area contributed by atoms with E-state index in [1.54, 1.807) is 20.8 Å². The number of carbonyl (C=O) groups is 1. The van der Waals surface area contributed by atoms with Gasteiger partial charge in [0, 0.05) is 5.02 Å². The van der Waals surface area contributed by atoms with Crippen molar-refractivity contribution < 1.29 is 14.6 Å². The molecule has 1 aromatic rings. The van der Waals surface area contributed by atoms with Gasteiger partial charge in [0.15, 0.2) is 0 Å². The zero-order valence-corrected chi connectivity index (χ0v) is 9.68. The predicted molar refractivity (Wildman–Crippen MR) is 58.5 cm³/mol. The number of ether oxygens (including phenoxy) is 1. The monoisotopic (exact) mass is 228 g/mol. The molecule has 0 aliphatic carbocycles. The average Bonchev–Trinajstić information content (AvgIpc) is 2.15. The van der Waals surface area contributed by atoms with E-state index in [0.717, 1.165) is 5.56 Å². The van der Waals surface area contributed by atoms with Crippen LogP contribution < -0.4 is 0 Å². The van der Waals surface area contributed by atoms with Crippen molar-refractivity contribution in [2.45, 2.75) is 20.8 Å². The van der Waals surface area contributed by atoms with E-state index in [9.17, 15) is 9.90 Å². The van der Waals surface area contributed by atoms with Crippen molar-refractivity contribution in [2.75, 3.05) is 6.61 Å². The van der Waals surface area contributed by atoms with Crippen LogP contribution in [0.4, 0.5) is 0 Å². The molecule has 15 heavy (non-hydrogen) atoms. The number of hydrogen-bond donors (Lipinski definition) is 1. The molecule has 0 aliphatic rings. The van der Waals surface area contributed by atoms with Gasteiger partial charge >= 0.3 is 5.97 Å². The lowest BCUT2D eigenvalue weighted by atomic mass is 10.0. The Morgan fingerprint density at radius 3 is 2.67 bits per heavy atom. The maximum absolute atomic E-state index is 11.5. The number of rotatable bonds is 2. The van der Waals surface area contributed by atoms with Crippen LogP contribution >= 0.6 is 11.6 Å². The number of halogens is 1. The van der Waals surface area contributed by atoms with Crippen molar-refractivity contribution in [1.29, 1.82) is 0 Å². The number of phenols is 1. The first-order chi connectivity index (χ1) is 6.99. The fourth-order valence-corrected chi connectivity index (χ4v) is 1.55. The van der Waals surface area contributed by atoms with E-state index in [1.807, 2.05) is 0 Å². The molecule has 0 heterocycles. The minimum Gasteiger partial charge on any atom is -0.507 e. The summed E-state index contributed by atoms with van der Waals surface area (Å²) in [5.41, 5.74) is 1.43. The van der Waals surface area contributed by atoms with Crippen molar-refractivity contribution in [3.63, 3.8) is 0 Å². The second kappa shape index (κ2) is 4.53. The first kappa shape index (κ1) is 11.9. The minimum absolute atomic E-state index is 0.0900. The van der Waals surface area contributed by atoms with Gasteiger partial charge in [0.05, 0.1) is 6.61 Å². The third-order valence-corrected chi connectivity index (χ3v) is 2.72. The summed E-state index contributed by atoms with van der Waals surface area (Å²) in [4.78, 5) is 11.5. The summed E-state index contributed by atoms with van der Waals surface area (Å²) in [6.45, 7) is 5.43. The highest BCUT2D eigenvalue weighted by molar-refractivity contribution is 6.32. The lowest BCUT2D eigenvalue weighted by Gasteiger charge is -2.11. The first-order valence-corrected chi connectivity index (χ1v) is 5.02. The van der Waals surface area contributed by atoms with Gasteiger partial charge in [-0.3, -0.25) is 0 Å². The zero-order valence-electron chi connectivity index (χ0n) is 8.93. The Bertz CT molecular complexity index is 399. The van der Waals surface area contributed by atoms with Gasteiger partial charge in [-0.1, -0.05) is 11.6 Å². The highest BCUT2D eigenvalue weighted by Gasteiger charge is 2.18. The first-order valence-electron chi connectivity index (χ1n) is 4.64. The molecule has 3 nitrogen and oxygen atoms in total. The molecule has 82 valence electrons. The van der Waals surface area contributed by atoms with E-state index in [4.69, 9.17) is 16.3 Å². The summed E-state index contributed by atoms with van der Waals surface area (Å²) in [6, 6.07) is 1.46. The quantitative estimate of drug-likeness (QED) is 0.792. The van der Waals surface area contributed by atoms with Crippen molar-refractivity contribution >= 4 is 17.6 Å². The molecule has 0 amide bonds. The van der Waals surface area contributed by atoms with Crippen molar-refractivity contribution in [3.05, 3.63) is 27.8 Å². The Morgan fingerprint density at radius 2 is 2.13 bits per heavy atom. The van der Waals surface area contributed by atoms with Crippen molar-refractivity contribution in [2.24, 2.45) is 0 Å². The predicted octanol–water partition coefficient (Wildman–Crippen LogP) is 2.84. The van der Waals surface area contributed by atoms with E-state index in [-0.39, 0.29) is 17.9 Å². The molecule has 0 atom stereocenters. The molecule has 4 heteroatoms. The Balaban J connectivity index is 3.29. The summed E-state index contributed by atoms with van der Waals surface area (Å²) < 4.78 is 4.83. The molecule has 1 aromatic carbocycles. The van der Waals surface area contributed by atoms with Gasteiger partial charge in [-0.25, -0.2) is 4.79 Å². The van der Waals surface area contributed by atoms with E-state index in [1.165, 1.54) is 6.07 Å². The van der Waals surface area contributed by atoms with E-state index < -0.39 is 5.97 Å². The number of aromatic hydroxyl groups is 1. The highest BCUT2D eigenvalue weighted by Crippen LogP contribution is 2.31. The van der Waals surface area contributed by atoms with Crippen LogP contribution in [-0.4, -0.2) is 17.7 Å². The molecule has 1 N–H and O–H groups in total. The van der Waals surface area contributed by atoms with Gasteiger partial charge in [-0.15, -0.1) is 0 Å². The molecule has 0 aliphatic heterocycles. The molecular formula is C11H13ClO3. The van der Waals surface area contributed by atoms with Crippen molar-refractivity contribution in [3.8, 4) is 5.75 Å². The lowest BCUT2D eigenvalue weighted by Crippen LogP contribution is -2.07. The Morgan fingerprint density at radius 1 is 1.53 bits per heavy atom. The fourth-order valence-electron chi connectivity index (χ4n) is 1.40. The summed E-state index contributed by atoms with van der Waals surface area (Å²) in [5.74, 6) is -0.637. The Labute approximate surface area is 93.6 Å². The topological polar surface area (TPSA) is 46.5 Å². The van der Waals surface area contributed by atoms with Crippen LogP contribution in [0.5, 0.6) is 5.75 Å². The average molecular weight is 229 g/mol. The van der Waals surface area contributed by atoms with E-state index in [2.05, 4.69) is 0 Å². The standard InChI is InChI=1S/C11H13ClO3/c1-4-15-11(14)9-7(3)10(12)6(2)5-8(9)13/h5,13H,4H2,1-3H3. The number of esters is 1.